The Morgan fingerprint density at radius 1 is 1.57 bits per heavy atom. The standard InChI is InChI=1S/C9H9N3O2/c13-9(7-2-4-14-6-7)10-5-8-1-3-11-12-8/h1-4,6H,5H2,(H,10,13)(H,11,12). The summed E-state index contributed by atoms with van der Waals surface area (Å²) in [5, 5.41) is 9.23. The minimum absolute atomic E-state index is 0.159. The van der Waals surface area contributed by atoms with Crippen LogP contribution in [0.5, 0.6) is 0 Å². The molecule has 0 aliphatic carbocycles. The van der Waals surface area contributed by atoms with Crippen LogP contribution in [0.4, 0.5) is 0 Å². The molecule has 0 fully saturated rings. The summed E-state index contributed by atoms with van der Waals surface area (Å²) in [4.78, 5) is 11.4. The highest BCUT2D eigenvalue weighted by Gasteiger charge is 2.05. The van der Waals surface area contributed by atoms with Gasteiger partial charge in [-0.2, -0.15) is 5.10 Å². The number of nitrogens with one attached hydrogen (secondary N) is 2. The lowest BCUT2D eigenvalue weighted by Crippen LogP contribution is -2.22. The van der Waals surface area contributed by atoms with Gasteiger partial charge >= 0.3 is 0 Å². The molecule has 5 heteroatoms. The summed E-state index contributed by atoms with van der Waals surface area (Å²) < 4.78 is 4.79. The Hall–Kier alpha value is -2.04. The van der Waals surface area contributed by atoms with Crippen LogP contribution in [0.3, 0.4) is 0 Å². The van der Waals surface area contributed by atoms with Gasteiger partial charge in [-0.3, -0.25) is 9.89 Å². The van der Waals surface area contributed by atoms with Gasteiger partial charge in [0.1, 0.15) is 6.26 Å². The maximum Gasteiger partial charge on any atom is 0.254 e. The summed E-state index contributed by atoms with van der Waals surface area (Å²) in [6.07, 6.45) is 4.51. The number of carbonyl (C=O) groups is 1. The Morgan fingerprint density at radius 2 is 2.50 bits per heavy atom. The summed E-state index contributed by atoms with van der Waals surface area (Å²) in [5.74, 6) is -0.159. The molecule has 0 saturated heterocycles. The minimum atomic E-state index is -0.159. The molecule has 0 aliphatic rings. The number of hydrogen-bond acceptors (Lipinski definition) is 3. The molecule has 1 amide bonds. The van der Waals surface area contributed by atoms with Crippen LogP contribution >= 0.6 is 0 Å². The molecule has 0 unspecified atom stereocenters. The molecule has 0 aliphatic heterocycles. The van der Waals surface area contributed by atoms with Gasteiger partial charge in [-0.05, 0) is 12.1 Å². The van der Waals surface area contributed by atoms with E-state index in [0.29, 0.717) is 12.1 Å². The highest BCUT2D eigenvalue weighted by atomic mass is 16.3. The van der Waals surface area contributed by atoms with Crippen molar-refractivity contribution in [3.63, 3.8) is 0 Å². The first kappa shape index (κ1) is 8.55. The van der Waals surface area contributed by atoms with Crippen LogP contribution in [-0.4, -0.2) is 16.1 Å². The topological polar surface area (TPSA) is 70.9 Å². The normalized spacial score (nSPS) is 10.0. The molecular formula is C9H9N3O2. The zero-order chi connectivity index (χ0) is 9.80. The molecule has 2 N–H and O–H groups in total. The number of rotatable bonds is 3. The molecule has 0 atom stereocenters. The van der Waals surface area contributed by atoms with Crippen LogP contribution in [0.25, 0.3) is 0 Å². The Kier molecular flexibility index (Phi) is 2.31. The van der Waals surface area contributed by atoms with E-state index >= 15 is 0 Å². The second kappa shape index (κ2) is 3.78. The molecule has 5 nitrogen and oxygen atoms in total. The van der Waals surface area contributed by atoms with Crippen LogP contribution in [0.15, 0.2) is 35.3 Å². The summed E-state index contributed by atoms with van der Waals surface area (Å²) in [5.41, 5.74) is 1.38. The molecule has 0 bridgehead atoms. The highest BCUT2D eigenvalue weighted by molar-refractivity contribution is 5.93. The van der Waals surface area contributed by atoms with E-state index in [0.717, 1.165) is 5.69 Å². The molecule has 2 aromatic heterocycles. The van der Waals surface area contributed by atoms with Crippen molar-refractivity contribution >= 4 is 5.91 Å². The summed E-state index contributed by atoms with van der Waals surface area (Å²) >= 11 is 0. The first-order chi connectivity index (χ1) is 6.86. The van der Waals surface area contributed by atoms with Gasteiger partial charge in [0, 0.05) is 6.20 Å². The second-order valence-electron chi connectivity index (χ2n) is 2.78. The van der Waals surface area contributed by atoms with Gasteiger partial charge in [0.2, 0.25) is 0 Å². The third kappa shape index (κ3) is 1.82. The van der Waals surface area contributed by atoms with Gasteiger partial charge in [-0.25, -0.2) is 0 Å². The van der Waals surface area contributed by atoms with Gasteiger partial charge in [0.15, 0.2) is 0 Å². The van der Waals surface area contributed by atoms with E-state index in [2.05, 4.69) is 15.5 Å². The molecule has 2 rings (SSSR count). The molecule has 2 aromatic rings. The molecule has 0 saturated carbocycles. The van der Waals surface area contributed by atoms with E-state index in [1.165, 1.54) is 12.5 Å². The van der Waals surface area contributed by atoms with E-state index in [-0.39, 0.29) is 5.91 Å². The van der Waals surface area contributed by atoms with Crippen molar-refractivity contribution in [2.45, 2.75) is 6.54 Å². The number of H-pyrrole nitrogens is 1. The van der Waals surface area contributed by atoms with Crippen LogP contribution in [-0.2, 0) is 6.54 Å². The number of carbonyl (C=O) groups excluding carboxylic acids is 1. The smallest absolute Gasteiger partial charge is 0.254 e. The third-order valence-electron chi connectivity index (χ3n) is 1.78. The lowest BCUT2D eigenvalue weighted by Gasteiger charge is -1.99. The van der Waals surface area contributed by atoms with Gasteiger partial charge in [0.05, 0.1) is 24.1 Å². The monoisotopic (exact) mass is 191 g/mol. The van der Waals surface area contributed by atoms with Gasteiger partial charge in [-0.1, -0.05) is 0 Å². The van der Waals surface area contributed by atoms with Gasteiger partial charge in [-0.15, -0.1) is 0 Å². The van der Waals surface area contributed by atoms with Crippen molar-refractivity contribution in [1.82, 2.24) is 15.5 Å². The molecule has 2 heterocycles. The Bertz CT molecular complexity index is 392. The minimum Gasteiger partial charge on any atom is -0.472 e. The van der Waals surface area contributed by atoms with Crippen LogP contribution < -0.4 is 5.32 Å². The Labute approximate surface area is 80.1 Å². The fourth-order valence-electron chi connectivity index (χ4n) is 1.05. The molecular weight excluding hydrogens is 182 g/mol. The van der Waals surface area contributed by atoms with E-state index in [4.69, 9.17) is 4.42 Å². The van der Waals surface area contributed by atoms with Crippen LogP contribution in [0.2, 0.25) is 0 Å². The van der Waals surface area contributed by atoms with Crippen molar-refractivity contribution in [2.75, 3.05) is 0 Å². The zero-order valence-corrected chi connectivity index (χ0v) is 7.36. The summed E-state index contributed by atoms with van der Waals surface area (Å²) in [6, 6.07) is 3.41. The predicted octanol–water partition coefficient (Wildman–Crippen LogP) is 0.933. The summed E-state index contributed by atoms with van der Waals surface area (Å²) in [7, 11) is 0. The third-order valence-corrected chi connectivity index (χ3v) is 1.78. The first-order valence-electron chi connectivity index (χ1n) is 4.15. The lowest BCUT2D eigenvalue weighted by atomic mass is 10.3. The zero-order valence-electron chi connectivity index (χ0n) is 7.36. The maximum absolute atomic E-state index is 11.4. The lowest BCUT2D eigenvalue weighted by molar-refractivity contribution is 0.0950. The Morgan fingerprint density at radius 3 is 3.14 bits per heavy atom. The average Bonchev–Trinajstić information content (AvgIpc) is 2.87. The molecule has 0 radical (unpaired) electrons. The molecule has 72 valence electrons. The van der Waals surface area contributed by atoms with E-state index in [1.807, 2.05) is 0 Å². The van der Waals surface area contributed by atoms with Crippen LogP contribution in [0, 0.1) is 0 Å². The number of aromatic nitrogens is 2. The van der Waals surface area contributed by atoms with Crippen molar-refractivity contribution in [1.29, 1.82) is 0 Å². The molecule has 0 aromatic carbocycles. The van der Waals surface area contributed by atoms with Crippen molar-refractivity contribution in [3.05, 3.63) is 42.1 Å². The van der Waals surface area contributed by atoms with Crippen molar-refractivity contribution in [3.8, 4) is 0 Å². The fraction of sp³-hybridized carbons (Fsp3) is 0.111. The van der Waals surface area contributed by atoms with E-state index in [9.17, 15) is 4.79 Å². The van der Waals surface area contributed by atoms with Crippen molar-refractivity contribution in [2.24, 2.45) is 0 Å². The molecule has 0 spiro atoms. The van der Waals surface area contributed by atoms with Crippen molar-refractivity contribution < 1.29 is 9.21 Å². The Balaban J connectivity index is 1.90. The number of aromatic amines is 1. The largest absolute Gasteiger partial charge is 0.472 e. The molecule has 14 heavy (non-hydrogen) atoms. The predicted molar refractivity (Wildman–Crippen MR) is 48.5 cm³/mol. The van der Waals surface area contributed by atoms with E-state index < -0.39 is 0 Å². The highest BCUT2D eigenvalue weighted by Crippen LogP contribution is 1.99. The van der Waals surface area contributed by atoms with Gasteiger partial charge in [0.25, 0.3) is 5.91 Å². The quantitative estimate of drug-likeness (QED) is 0.758. The number of hydrogen-bond donors (Lipinski definition) is 2. The SMILES string of the molecule is O=C(NCc1ccn[nH]1)c1ccoc1. The first-order valence-corrected chi connectivity index (χ1v) is 4.15. The van der Waals surface area contributed by atoms with Gasteiger partial charge < -0.3 is 9.73 Å². The average molecular weight is 191 g/mol. The van der Waals surface area contributed by atoms with E-state index in [1.54, 1.807) is 18.3 Å². The second-order valence-corrected chi connectivity index (χ2v) is 2.78. The number of amides is 1. The van der Waals surface area contributed by atoms with Crippen LogP contribution in [0.1, 0.15) is 16.1 Å². The summed E-state index contributed by atoms with van der Waals surface area (Å²) in [6.45, 7) is 0.435. The maximum atomic E-state index is 11.4. The fourth-order valence-corrected chi connectivity index (χ4v) is 1.05. The number of nitrogens with zero attached hydrogens (tertiary/aromatic N) is 1. The number of furan rings is 1.